The average molecular weight is 229 g/mol. The Kier molecular flexibility index (Phi) is 3.35. The monoisotopic (exact) mass is 229 g/mol. The van der Waals surface area contributed by atoms with Gasteiger partial charge in [-0.1, -0.05) is 30.3 Å². The zero-order valence-electron chi connectivity index (χ0n) is 9.71. The second-order valence-electron chi connectivity index (χ2n) is 4.02. The van der Waals surface area contributed by atoms with Gasteiger partial charge in [0.1, 0.15) is 5.69 Å². The van der Waals surface area contributed by atoms with Crippen LogP contribution in [0.4, 0.5) is 0 Å². The minimum atomic E-state index is -0.272. The lowest BCUT2D eigenvalue weighted by Crippen LogP contribution is -2.16. The fraction of sp³-hybridized carbons (Fsp3) is 0.231. The third-order valence-electron chi connectivity index (χ3n) is 2.63. The summed E-state index contributed by atoms with van der Waals surface area (Å²) >= 11 is 0. The van der Waals surface area contributed by atoms with Crippen molar-refractivity contribution in [2.45, 2.75) is 12.5 Å². The summed E-state index contributed by atoms with van der Waals surface area (Å²) in [5.41, 5.74) is 7.43. The molecule has 4 nitrogen and oxygen atoms in total. The van der Waals surface area contributed by atoms with Crippen LogP contribution in [0.5, 0.6) is 0 Å². The van der Waals surface area contributed by atoms with E-state index in [2.05, 4.69) is 5.10 Å². The Morgan fingerprint density at radius 1 is 1.35 bits per heavy atom. The number of benzene rings is 1. The second-order valence-corrected chi connectivity index (χ2v) is 4.02. The SMILES string of the molecule is Cn1ccc(C(=O)CC(N)c2ccccc2)n1. The highest BCUT2D eigenvalue weighted by Crippen LogP contribution is 2.15. The molecular formula is C13H15N3O. The number of hydrogen-bond acceptors (Lipinski definition) is 3. The van der Waals surface area contributed by atoms with Crippen molar-refractivity contribution in [1.82, 2.24) is 9.78 Å². The largest absolute Gasteiger partial charge is 0.324 e. The first kappa shape index (κ1) is 11.5. The van der Waals surface area contributed by atoms with Crippen LogP contribution in [0.3, 0.4) is 0 Å². The molecule has 1 aromatic carbocycles. The molecule has 0 aliphatic rings. The van der Waals surface area contributed by atoms with E-state index in [-0.39, 0.29) is 18.2 Å². The Morgan fingerprint density at radius 3 is 2.65 bits per heavy atom. The van der Waals surface area contributed by atoms with E-state index in [9.17, 15) is 4.79 Å². The van der Waals surface area contributed by atoms with Crippen LogP contribution in [-0.2, 0) is 7.05 Å². The summed E-state index contributed by atoms with van der Waals surface area (Å²) in [4.78, 5) is 11.9. The first-order valence-corrected chi connectivity index (χ1v) is 5.50. The molecule has 1 heterocycles. The third kappa shape index (κ3) is 2.79. The van der Waals surface area contributed by atoms with Gasteiger partial charge in [0.25, 0.3) is 0 Å². The maximum absolute atomic E-state index is 11.9. The van der Waals surface area contributed by atoms with Gasteiger partial charge < -0.3 is 5.73 Å². The highest BCUT2D eigenvalue weighted by atomic mass is 16.1. The quantitative estimate of drug-likeness (QED) is 0.811. The maximum Gasteiger partial charge on any atom is 0.184 e. The minimum absolute atomic E-state index is 0.0260. The molecule has 0 saturated heterocycles. The first-order valence-electron chi connectivity index (χ1n) is 5.50. The molecule has 88 valence electrons. The molecule has 0 aliphatic heterocycles. The van der Waals surface area contributed by atoms with Crippen LogP contribution in [0.1, 0.15) is 28.5 Å². The van der Waals surface area contributed by atoms with Crippen molar-refractivity contribution in [3.05, 3.63) is 53.9 Å². The molecule has 0 fully saturated rings. The standard InChI is InChI=1S/C13H15N3O/c1-16-8-7-12(15-16)13(17)9-11(14)10-5-3-2-4-6-10/h2-8,11H,9,14H2,1H3. The number of Topliss-reactive ketones (excluding diaryl/α,β-unsaturated/α-hetero) is 1. The second kappa shape index (κ2) is 4.93. The number of aromatic nitrogens is 2. The highest BCUT2D eigenvalue weighted by Gasteiger charge is 2.14. The van der Waals surface area contributed by atoms with E-state index < -0.39 is 0 Å². The van der Waals surface area contributed by atoms with Gasteiger partial charge in [-0.05, 0) is 11.6 Å². The Balaban J connectivity index is 2.04. The molecule has 2 rings (SSSR count). The molecule has 4 heteroatoms. The predicted octanol–water partition coefficient (Wildman–Crippen LogP) is 1.69. The molecule has 0 radical (unpaired) electrons. The summed E-state index contributed by atoms with van der Waals surface area (Å²) in [6.07, 6.45) is 2.03. The van der Waals surface area contributed by atoms with E-state index in [1.807, 2.05) is 30.3 Å². The molecule has 0 bridgehead atoms. The topological polar surface area (TPSA) is 60.9 Å². The lowest BCUT2D eigenvalue weighted by atomic mass is 10.0. The van der Waals surface area contributed by atoms with Crippen LogP contribution in [0.15, 0.2) is 42.6 Å². The number of aryl methyl sites for hydroxylation is 1. The average Bonchev–Trinajstić information content (AvgIpc) is 2.77. The summed E-state index contributed by atoms with van der Waals surface area (Å²) in [5, 5.41) is 4.07. The van der Waals surface area contributed by atoms with Gasteiger partial charge >= 0.3 is 0 Å². The van der Waals surface area contributed by atoms with E-state index >= 15 is 0 Å². The fourth-order valence-corrected chi connectivity index (χ4v) is 1.69. The molecule has 2 aromatic rings. The first-order chi connectivity index (χ1) is 8.16. The minimum Gasteiger partial charge on any atom is -0.324 e. The van der Waals surface area contributed by atoms with E-state index in [1.165, 1.54) is 0 Å². The molecule has 2 N–H and O–H groups in total. The molecule has 1 atom stereocenters. The van der Waals surface area contributed by atoms with Gasteiger partial charge in [0.2, 0.25) is 0 Å². The van der Waals surface area contributed by atoms with E-state index in [1.54, 1.807) is 24.0 Å². The molecule has 0 saturated carbocycles. The van der Waals surface area contributed by atoms with Gasteiger partial charge in [0.05, 0.1) is 0 Å². The number of ketones is 1. The summed E-state index contributed by atoms with van der Waals surface area (Å²) in [6, 6.07) is 11.1. The summed E-state index contributed by atoms with van der Waals surface area (Å²) < 4.78 is 1.61. The summed E-state index contributed by atoms with van der Waals surface area (Å²) in [6.45, 7) is 0. The molecule has 0 amide bonds. The predicted molar refractivity (Wildman–Crippen MR) is 65.5 cm³/mol. The highest BCUT2D eigenvalue weighted by molar-refractivity contribution is 5.94. The zero-order valence-corrected chi connectivity index (χ0v) is 9.71. The summed E-state index contributed by atoms with van der Waals surface area (Å²) in [7, 11) is 1.79. The Bertz CT molecular complexity index is 504. The van der Waals surface area contributed by atoms with Crippen LogP contribution in [0.2, 0.25) is 0 Å². The fourth-order valence-electron chi connectivity index (χ4n) is 1.69. The van der Waals surface area contributed by atoms with Crippen molar-refractivity contribution in [2.24, 2.45) is 12.8 Å². The number of carbonyl (C=O) groups is 1. The lowest BCUT2D eigenvalue weighted by molar-refractivity contribution is 0.0969. The van der Waals surface area contributed by atoms with Gasteiger partial charge in [0.15, 0.2) is 5.78 Å². The van der Waals surface area contributed by atoms with Crippen molar-refractivity contribution >= 4 is 5.78 Å². The molecular weight excluding hydrogens is 214 g/mol. The lowest BCUT2D eigenvalue weighted by Gasteiger charge is -2.09. The Morgan fingerprint density at radius 2 is 2.06 bits per heavy atom. The van der Waals surface area contributed by atoms with Crippen LogP contribution >= 0.6 is 0 Å². The van der Waals surface area contributed by atoms with E-state index in [0.29, 0.717) is 5.69 Å². The maximum atomic E-state index is 11.9. The van der Waals surface area contributed by atoms with Crippen molar-refractivity contribution in [2.75, 3.05) is 0 Å². The van der Waals surface area contributed by atoms with Crippen LogP contribution in [-0.4, -0.2) is 15.6 Å². The number of nitrogens with two attached hydrogens (primary N) is 1. The zero-order chi connectivity index (χ0) is 12.3. The Hall–Kier alpha value is -1.94. The van der Waals surface area contributed by atoms with Gasteiger partial charge in [-0.3, -0.25) is 9.48 Å². The van der Waals surface area contributed by atoms with Crippen molar-refractivity contribution in [3.63, 3.8) is 0 Å². The summed E-state index contributed by atoms with van der Waals surface area (Å²) in [5.74, 6) is -0.0260. The van der Waals surface area contributed by atoms with Gasteiger partial charge in [-0.2, -0.15) is 5.10 Å². The number of rotatable bonds is 4. The van der Waals surface area contributed by atoms with Gasteiger partial charge in [0, 0.05) is 25.7 Å². The molecule has 17 heavy (non-hydrogen) atoms. The van der Waals surface area contributed by atoms with Crippen LogP contribution in [0.25, 0.3) is 0 Å². The van der Waals surface area contributed by atoms with Crippen molar-refractivity contribution in [3.8, 4) is 0 Å². The molecule has 0 aliphatic carbocycles. The van der Waals surface area contributed by atoms with Crippen LogP contribution < -0.4 is 5.73 Å². The van der Waals surface area contributed by atoms with E-state index in [4.69, 9.17) is 5.73 Å². The number of carbonyl (C=O) groups excluding carboxylic acids is 1. The number of nitrogens with zero attached hydrogens (tertiary/aromatic N) is 2. The van der Waals surface area contributed by atoms with Gasteiger partial charge in [-0.15, -0.1) is 0 Å². The van der Waals surface area contributed by atoms with Crippen LogP contribution in [0, 0.1) is 0 Å². The van der Waals surface area contributed by atoms with Crippen molar-refractivity contribution < 1.29 is 4.79 Å². The Labute approximate surface area is 100 Å². The van der Waals surface area contributed by atoms with E-state index in [0.717, 1.165) is 5.56 Å². The van der Waals surface area contributed by atoms with Gasteiger partial charge in [-0.25, -0.2) is 0 Å². The number of hydrogen-bond donors (Lipinski definition) is 1. The smallest absolute Gasteiger partial charge is 0.184 e. The third-order valence-corrected chi connectivity index (χ3v) is 2.63. The van der Waals surface area contributed by atoms with Crippen molar-refractivity contribution in [1.29, 1.82) is 0 Å². The molecule has 0 spiro atoms. The molecule has 1 aromatic heterocycles. The normalized spacial score (nSPS) is 12.4. The molecule has 1 unspecified atom stereocenters.